The van der Waals surface area contributed by atoms with Gasteiger partial charge in [0, 0.05) is 0 Å². The molecule has 1 N–H and O–H groups in total. The van der Waals surface area contributed by atoms with E-state index in [0.717, 1.165) is 38.5 Å². The van der Waals surface area contributed by atoms with Crippen molar-refractivity contribution in [1.29, 1.82) is 0 Å². The Labute approximate surface area is 270 Å². The number of hydrogen-bond acceptors (Lipinski definition) is 6. The minimum atomic E-state index is -4.75. The molecule has 0 aromatic rings. The van der Waals surface area contributed by atoms with Crippen LogP contribution >= 0.6 is 0 Å². The molecule has 0 saturated heterocycles. The third-order valence-corrected chi connectivity index (χ3v) is 7.56. The zero-order chi connectivity index (χ0) is 26.9. The quantitative estimate of drug-likeness (QED) is 0.0517. The fourth-order valence-corrected chi connectivity index (χ4v) is 4.81. The van der Waals surface area contributed by atoms with Gasteiger partial charge in [0.25, 0.3) is 10.1 Å². The van der Waals surface area contributed by atoms with Gasteiger partial charge in [-0.3, -0.25) is 14.1 Å². The van der Waals surface area contributed by atoms with E-state index in [-0.39, 0.29) is 64.6 Å². The molecule has 0 bridgehead atoms. The van der Waals surface area contributed by atoms with Gasteiger partial charge in [-0.1, -0.05) is 129 Å². The second-order valence-corrected chi connectivity index (χ2v) is 11.6. The van der Waals surface area contributed by atoms with Gasteiger partial charge in [0.2, 0.25) is 0 Å². The van der Waals surface area contributed by atoms with Gasteiger partial charge in [-0.15, -0.1) is 0 Å². The molecule has 0 aliphatic rings. The van der Waals surface area contributed by atoms with Gasteiger partial charge in [0.1, 0.15) is 0 Å². The van der Waals surface area contributed by atoms with Crippen LogP contribution < -0.4 is 0 Å². The number of esters is 2. The van der Waals surface area contributed by atoms with Crippen LogP contribution in [0.4, 0.5) is 0 Å². The number of unbranched alkanes of at least 4 members (excludes halogenated alkanes) is 18. The summed E-state index contributed by atoms with van der Waals surface area (Å²) < 4.78 is 42.7. The van der Waals surface area contributed by atoms with Gasteiger partial charge in [-0.25, -0.2) is 0 Å². The molecule has 37 heavy (non-hydrogen) atoms. The van der Waals surface area contributed by atoms with Crippen LogP contribution in [0.25, 0.3) is 0 Å². The van der Waals surface area contributed by atoms with Crippen molar-refractivity contribution in [3.8, 4) is 0 Å². The predicted octanol–water partition coefficient (Wildman–Crippen LogP) is 6.91. The van der Waals surface area contributed by atoms with E-state index in [0.29, 0.717) is 12.8 Å². The molecule has 0 rings (SSSR count). The second kappa shape index (κ2) is 28.0. The van der Waals surface area contributed by atoms with E-state index in [2.05, 4.69) is 13.8 Å². The summed E-state index contributed by atoms with van der Waals surface area (Å²) in [5.41, 5.74) is 0. The molecule has 0 spiro atoms. The minimum absolute atomic E-state index is 0. The van der Waals surface area contributed by atoms with Gasteiger partial charge in [-0.2, -0.15) is 8.42 Å². The predicted molar refractivity (Wildman–Crippen MR) is 153 cm³/mol. The van der Waals surface area contributed by atoms with Crippen LogP contribution in [0.5, 0.6) is 0 Å². The van der Waals surface area contributed by atoms with E-state index in [1.54, 1.807) is 0 Å². The maximum absolute atomic E-state index is 12.2. The van der Waals surface area contributed by atoms with Crippen molar-refractivity contribution in [2.24, 2.45) is 0 Å². The molecule has 0 amide bonds. The summed E-state index contributed by atoms with van der Waals surface area (Å²) in [6.07, 6.45) is 22.1. The monoisotopic (exact) mass is 574 g/mol. The van der Waals surface area contributed by atoms with Gasteiger partial charge in [-0.05, 0) is 12.8 Å². The molecule has 0 aromatic carbocycles. The molecule has 9 heteroatoms. The molecule has 1 atom stereocenters. The first kappa shape index (κ1) is 39.6. The Hall–Kier alpha value is 0.486. The van der Waals surface area contributed by atoms with Crippen molar-refractivity contribution in [3.05, 3.63) is 0 Å². The number of carbonyl (C=O) groups excluding carboxylic acids is 2. The molecule has 0 aliphatic heterocycles. The summed E-state index contributed by atoms with van der Waals surface area (Å²) in [5.74, 6) is -1.91. The Morgan fingerprint density at radius 3 is 1.27 bits per heavy atom. The fraction of sp³-hybridized carbons (Fsp3) is 0.929. The van der Waals surface area contributed by atoms with Crippen LogP contribution in [-0.4, -0.2) is 94.8 Å². The first-order valence-electron chi connectivity index (χ1n) is 14.6. The van der Waals surface area contributed by atoms with Crippen molar-refractivity contribution in [1.82, 2.24) is 0 Å². The summed E-state index contributed by atoms with van der Waals surface area (Å²) in [6.45, 7) is 4.67. The standard InChI is InChI=1S/C28H54O7S.K.H/c1-3-5-7-9-11-13-15-17-19-21-23-34-27(29)25-26(36(31,32)33)28(30)35-24-22-20-18-16-14-12-10-8-6-4-2;;/h26H,3-25H2,1-2H3,(H,31,32,33);;. The summed E-state index contributed by atoms with van der Waals surface area (Å²) in [6, 6.07) is 0. The van der Waals surface area contributed by atoms with Crippen molar-refractivity contribution in [2.45, 2.75) is 154 Å². The fourth-order valence-electron chi connectivity index (χ4n) is 4.15. The number of ether oxygens (including phenoxy) is 2. The van der Waals surface area contributed by atoms with E-state index in [9.17, 15) is 22.6 Å². The van der Waals surface area contributed by atoms with E-state index < -0.39 is 33.7 Å². The van der Waals surface area contributed by atoms with Crippen LogP contribution in [0, 0.1) is 0 Å². The molecule has 0 radical (unpaired) electrons. The van der Waals surface area contributed by atoms with E-state index in [1.807, 2.05) is 0 Å². The van der Waals surface area contributed by atoms with Crippen LogP contribution in [0.2, 0.25) is 0 Å². The van der Waals surface area contributed by atoms with Crippen LogP contribution in [-0.2, 0) is 29.2 Å². The first-order valence-corrected chi connectivity index (χ1v) is 16.1. The summed E-state index contributed by atoms with van der Waals surface area (Å²) >= 11 is 0. The molecule has 0 aliphatic carbocycles. The number of rotatable bonds is 26. The van der Waals surface area contributed by atoms with Crippen LogP contribution in [0.3, 0.4) is 0 Å². The molecule has 0 aromatic heterocycles. The third kappa shape index (κ3) is 26.5. The van der Waals surface area contributed by atoms with Gasteiger partial charge < -0.3 is 9.47 Å². The molecule has 0 saturated carbocycles. The molecular weight excluding hydrogens is 519 g/mol. The number of hydrogen-bond donors (Lipinski definition) is 1. The molecule has 0 heterocycles. The van der Waals surface area contributed by atoms with Crippen molar-refractivity contribution in [3.63, 3.8) is 0 Å². The summed E-state index contributed by atoms with van der Waals surface area (Å²) in [7, 11) is -4.75. The molecule has 216 valence electrons. The van der Waals surface area contributed by atoms with E-state index in [1.165, 1.54) is 77.0 Å². The average molecular weight is 575 g/mol. The second-order valence-electron chi connectivity index (χ2n) is 9.96. The zero-order valence-corrected chi connectivity index (χ0v) is 24.0. The first-order chi connectivity index (χ1) is 17.3. The van der Waals surface area contributed by atoms with Crippen molar-refractivity contribution >= 4 is 73.4 Å². The van der Waals surface area contributed by atoms with Gasteiger partial charge in [0.15, 0.2) is 5.25 Å². The SMILES string of the molecule is CCCCCCCCCCCCOC(=O)CC(C(=O)OCCCCCCCCCCCC)S(=O)(=O)O.[KH]. The molecule has 1 unspecified atom stereocenters. The summed E-state index contributed by atoms with van der Waals surface area (Å²) in [5, 5.41) is -1.93. The Kier molecular flexibility index (Phi) is 30.0. The third-order valence-electron chi connectivity index (χ3n) is 6.48. The molecular formula is C28H55KO7S. The maximum atomic E-state index is 12.2. The van der Waals surface area contributed by atoms with Crippen LogP contribution in [0.15, 0.2) is 0 Å². The number of carbonyl (C=O) groups is 2. The van der Waals surface area contributed by atoms with Crippen LogP contribution in [0.1, 0.15) is 149 Å². The Morgan fingerprint density at radius 2 is 0.919 bits per heavy atom. The molecule has 7 nitrogen and oxygen atoms in total. The van der Waals surface area contributed by atoms with E-state index in [4.69, 9.17) is 9.47 Å². The zero-order valence-electron chi connectivity index (χ0n) is 23.1. The van der Waals surface area contributed by atoms with E-state index >= 15 is 0 Å². The van der Waals surface area contributed by atoms with Gasteiger partial charge in [0.05, 0.1) is 19.6 Å². The topological polar surface area (TPSA) is 107 Å². The van der Waals surface area contributed by atoms with Crippen molar-refractivity contribution < 1.29 is 32.0 Å². The molecule has 0 fully saturated rings. The average Bonchev–Trinajstić information content (AvgIpc) is 2.83. The Bertz CT molecular complexity index is 640. The van der Waals surface area contributed by atoms with Gasteiger partial charge >= 0.3 is 63.3 Å². The summed E-state index contributed by atoms with van der Waals surface area (Å²) in [4.78, 5) is 24.2. The Balaban J connectivity index is 0. The Morgan fingerprint density at radius 1 is 0.595 bits per heavy atom. The normalized spacial score (nSPS) is 12.1. The van der Waals surface area contributed by atoms with Crippen molar-refractivity contribution in [2.75, 3.05) is 13.2 Å².